The van der Waals surface area contributed by atoms with Crippen LogP contribution in [0.25, 0.3) is 0 Å². The van der Waals surface area contributed by atoms with E-state index in [1.165, 1.54) is 24.8 Å². The van der Waals surface area contributed by atoms with Gasteiger partial charge in [0.25, 0.3) is 0 Å². The Kier molecular flexibility index (Phi) is 6.89. The highest BCUT2D eigenvalue weighted by Crippen LogP contribution is 2.15. The molecule has 3 nitrogen and oxygen atoms in total. The van der Waals surface area contributed by atoms with E-state index in [4.69, 9.17) is 9.47 Å². The zero-order valence-electron chi connectivity index (χ0n) is 12.6. The van der Waals surface area contributed by atoms with Gasteiger partial charge in [0.1, 0.15) is 5.75 Å². The Morgan fingerprint density at radius 1 is 1.20 bits per heavy atom. The standard InChI is InChI=1S/C17H27NO2/c1-2-3-10-20-17-6-4-15(5-7-17)13-18-14-16-8-11-19-12-9-16/h4-7,16,18H,2-3,8-14H2,1H3. The van der Waals surface area contributed by atoms with E-state index in [9.17, 15) is 0 Å². The van der Waals surface area contributed by atoms with Crippen molar-refractivity contribution < 1.29 is 9.47 Å². The van der Waals surface area contributed by atoms with Crippen molar-refractivity contribution in [1.29, 1.82) is 0 Å². The Morgan fingerprint density at radius 3 is 2.65 bits per heavy atom. The van der Waals surface area contributed by atoms with E-state index in [0.717, 1.165) is 51.0 Å². The first-order valence-corrected chi connectivity index (χ1v) is 7.88. The average molecular weight is 277 g/mol. The van der Waals surface area contributed by atoms with Crippen LogP contribution in [0.5, 0.6) is 5.75 Å². The fourth-order valence-corrected chi connectivity index (χ4v) is 2.41. The van der Waals surface area contributed by atoms with Crippen LogP contribution in [-0.4, -0.2) is 26.4 Å². The molecule has 0 atom stereocenters. The van der Waals surface area contributed by atoms with Gasteiger partial charge >= 0.3 is 0 Å². The minimum Gasteiger partial charge on any atom is -0.494 e. The lowest BCUT2D eigenvalue weighted by atomic mass is 10.0. The fraction of sp³-hybridized carbons (Fsp3) is 0.647. The molecule has 1 aliphatic rings. The van der Waals surface area contributed by atoms with E-state index in [2.05, 4.69) is 36.5 Å². The third kappa shape index (κ3) is 5.51. The maximum atomic E-state index is 5.67. The lowest BCUT2D eigenvalue weighted by Gasteiger charge is -2.22. The highest BCUT2D eigenvalue weighted by Gasteiger charge is 2.12. The molecule has 0 radical (unpaired) electrons. The maximum Gasteiger partial charge on any atom is 0.119 e. The average Bonchev–Trinajstić information content (AvgIpc) is 2.50. The summed E-state index contributed by atoms with van der Waals surface area (Å²) >= 11 is 0. The Bertz CT molecular complexity index is 358. The van der Waals surface area contributed by atoms with Crippen LogP contribution in [0, 0.1) is 5.92 Å². The molecule has 2 rings (SSSR count). The molecule has 20 heavy (non-hydrogen) atoms. The van der Waals surface area contributed by atoms with Gasteiger partial charge in [0.15, 0.2) is 0 Å². The number of unbranched alkanes of at least 4 members (excludes halogenated alkanes) is 1. The number of rotatable bonds is 8. The smallest absolute Gasteiger partial charge is 0.119 e. The van der Waals surface area contributed by atoms with E-state index in [1.54, 1.807) is 0 Å². The van der Waals surface area contributed by atoms with Gasteiger partial charge in [-0.25, -0.2) is 0 Å². The van der Waals surface area contributed by atoms with E-state index in [1.807, 2.05) is 0 Å². The van der Waals surface area contributed by atoms with Crippen molar-refractivity contribution >= 4 is 0 Å². The van der Waals surface area contributed by atoms with Crippen molar-refractivity contribution in [3.63, 3.8) is 0 Å². The summed E-state index contributed by atoms with van der Waals surface area (Å²) in [5.74, 6) is 1.76. The van der Waals surface area contributed by atoms with Crippen LogP contribution in [0.15, 0.2) is 24.3 Å². The molecule has 1 aromatic carbocycles. The molecule has 0 spiro atoms. The summed E-state index contributed by atoms with van der Waals surface area (Å²) in [5.41, 5.74) is 1.32. The summed E-state index contributed by atoms with van der Waals surface area (Å²) < 4.78 is 11.0. The summed E-state index contributed by atoms with van der Waals surface area (Å²) in [6, 6.07) is 8.44. The second-order valence-corrected chi connectivity index (χ2v) is 5.53. The monoisotopic (exact) mass is 277 g/mol. The minimum atomic E-state index is 0.778. The second kappa shape index (κ2) is 8.98. The molecular weight excluding hydrogens is 250 g/mol. The van der Waals surface area contributed by atoms with Crippen LogP contribution in [-0.2, 0) is 11.3 Å². The second-order valence-electron chi connectivity index (χ2n) is 5.53. The molecule has 1 heterocycles. The summed E-state index contributed by atoms with van der Waals surface area (Å²) in [6.45, 7) is 6.88. The van der Waals surface area contributed by atoms with E-state index < -0.39 is 0 Å². The zero-order valence-corrected chi connectivity index (χ0v) is 12.6. The van der Waals surface area contributed by atoms with E-state index in [0.29, 0.717) is 0 Å². The van der Waals surface area contributed by atoms with Crippen LogP contribution in [0.1, 0.15) is 38.2 Å². The van der Waals surface area contributed by atoms with Gasteiger partial charge in [0, 0.05) is 19.8 Å². The van der Waals surface area contributed by atoms with Crippen LogP contribution in [0.3, 0.4) is 0 Å². The molecule has 0 bridgehead atoms. The number of ether oxygens (including phenoxy) is 2. The van der Waals surface area contributed by atoms with Crippen molar-refractivity contribution in [2.45, 2.75) is 39.2 Å². The van der Waals surface area contributed by atoms with Gasteiger partial charge in [-0.15, -0.1) is 0 Å². The molecular formula is C17H27NO2. The molecule has 0 amide bonds. The predicted molar refractivity (Wildman–Crippen MR) is 82.1 cm³/mol. The molecule has 1 saturated heterocycles. The summed E-state index contributed by atoms with van der Waals surface area (Å²) in [7, 11) is 0. The minimum absolute atomic E-state index is 0.778. The van der Waals surface area contributed by atoms with E-state index in [-0.39, 0.29) is 0 Å². The quantitative estimate of drug-likeness (QED) is 0.739. The Labute approximate surface area is 122 Å². The number of hydrogen-bond acceptors (Lipinski definition) is 3. The van der Waals surface area contributed by atoms with E-state index >= 15 is 0 Å². The van der Waals surface area contributed by atoms with Crippen LogP contribution < -0.4 is 10.1 Å². The highest BCUT2D eigenvalue weighted by atomic mass is 16.5. The molecule has 3 heteroatoms. The first kappa shape index (κ1) is 15.3. The Balaban J connectivity index is 1.65. The highest BCUT2D eigenvalue weighted by molar-refractivity contribution is 5.27. The summed E-state index contributed by atoms with van der Waals surface area (Å²) in [5, 5.41) is 3.55. The van der Waals surface area contributed by atoms with Gasteiger partial charge in [-0.05, 0) is 49.4 Å². The lowest BCUT2D eigenvalue weighted by molar-refractivity contribution is 0.0662. The van der Waals surface area contributed by atoms with Gasteiger partial charge < -0.3 is 14.8 Å². The van der Waals surface area contributed by atoms with Gasteiger partial charge in [0.2, 0.25) is 0 Å². The molecule has 0 saturated carbocycles. The van der Waals surface area contributed by atoms with Crippen molar-refractivity contribution in [1.82, 2.24) is 5.32 Å². The fourth-order valence-electron chi connectivity index (χ4n) is 2.41. The summed E-state index contributed by atoms with van der Waals surface area (Å²) in [4.78, 5) is 0. The third-order valence-corrected chi connectivity index (χ3v) is 3.79. The van der Waals surface area contributed by atoms with Crippen molar-refractivity contribution in [2.75, 3.05) is 26.4 Å². The molecule has 112 valence electrons. The number of nitrogens with one attached hydrogen (secondary N) is 1. The van der Waals surface area contributed by atoms with Crippen LogP contribution in [0.4, 0.5) is 0 Å². The molecule has 0 unspecified atom stereocenters. The van der Waals surface area contributed by atoms with Crippen LogP contribution >= 0.6 is 0 Å². The molecule has 1 aliphatic heterocycles. The molecule has 1 N–H and O–H groups in total. The van der Waals surface area contributed by atoms with Gasteiger partial charge in [-0.1, -0.05) is 25.5 Å². The van der Waals surface area contributed by atoms with Crippen molar-refractivity contribution in [2.24, 2.45) is 5.92 Å². The maximum absolute atomic E-state index is 5.67. The summed E-state index contributed by atoms with van der Waals surface area (Å²) in [6.07, 6.45) is 4.68. The Morgan fingerprint density at radius 2 is 1.95 bits per heavy atom. The zero-order chi connectivity index (χ0) is 14.0. The largest absolute Gasteiger partial charge is 0.494 e. The molecule has 1 aromatic rings. The molecule has 1 fully saturated rings. The predicted octanol–water partition coefficient (Wildman–Crippen LogP) is 3.38. The SMILES string of the molecule is CCCCOc1ccc(CNCC2CCOCC2)cc1. The normalized spacial score (nSPS) is 16.2. The van der Waals surface area contributed by atoms with Crippen LogP contribution in [0.2, 0.25) is 0 Å². The third-order valence-electron chi connectivity index (χ3n) is 3.79. The van der Waals surface area contributed by atoms with Crippen molar-refractivity contribution in [3.8, 4) is 5.75 Å². The molecule has 0 aromatic heterocycles. The first-order valence-electron chi connectivity index (χ1n) is 7.88. The lowest BCUT2D eigenvalue weighted by Crippen LogP contribution is -2.27. The van der Waals surface area contributed by atoms with Gasteiger partial charge in [-0.2, -0.15) is 0 Å². The van der Waals surface area contributed by atoms with Gasteiger partial charge in [-0.3, -0.25) is 0 Å². The molecule has 0 aliphatic carbocycles. The van der Waals surface area contributed by atoms with Crippen molar-refractivity contribution in [3.05, 3.63) is 29.8 Å². The number of hydrogen-bond donors (Lipinski definition) is 1. The number of benzene rings is 1. The Hall–Kier alpha value is -1.06. The van der Waals surface area contributed by atoms with Gasteiger partial charge in [0.05, 0.1) is 6.61 Å². The topological polar surface area (TPSA) is 30.5 Å². The first-order chi connectivity index (χ1) is 9.88.